The highest BCUT2D eigenvalue weighted by molar-refractivity contribution is 5.89. The Labute approximate surface area is 129 Å². The highest BCUT2D eigenvalue weighted by Crippen LogP contribution is 2.30. The van der Waals surface area contributed by atoms with Crippen LogP contribution in [0, 0.1) is 6.92 Å². The number of urea groups is 1. The molecule has 1 atom stereocenters. The van der Waals surface area contributed by atoms with E-state index in [4.69, 9.17) is 9.47 Å². The van der Waals surface area contributed by atoms with Gasteiger partial charge in [0.2, 0.25) is 0 Å². The first-order chi connectivity index (χ1) is 10.7. The maximum atomic E-state index is 11.9. The molecule has 1 heterocycles. The third kappa shape index (κ3) is 3.49. The molecule has 2 aromatic rings. The molecule has 1 aliphatic heterocycles. The molecule has 0 unspecified atom stereocenters. The van der Waals surface area contributed by atoms with Crippen molar-refractivity contribution in [2.75, 3.05) is 18.5 Å². The van der Waals surface area contributed by atoms with E-state index in [2.05, 4.69) is 10.6 Å². The minimum atomic E-state index is -0.256. The molecule has 0 bridgehead atoms. The molecular weight excluding hydrogens is 280 g/mol. The van der Waals surface area contributed by atoms with Gasteiger partial charge < -0.3 is 20.1 Å². The van der Waals surface area contributed by atoms with Gasteiger partial charge in [-0.2, -0.15) is 0 Å². The zero-order valence-corrected chi connectivity index (χ0v) is 12.3. The second-order valence-electron chi connectivity index (χ2n) is 5.20. The average molecular weight is 298 g/mol. The monoisotopic (exact) mass is 298 g/mol. The number of aryl methyl sites for hydroxylation is 1. The summed E-state index contributed by atoms with van der Waals surface area (Å²) in [6.45, 7) is 2.78. The van der Waals surface area contributed by atoms with E-state index >= 15 is 0 Å². The van der Waals surface area contributed by atoms with Crippen LogP contribution in [0.4, 0.5) is 10.5 Å². The number of carbonyl (C=O) groups excluding carboxylic acids is 1. The Morgan fingerprint density at radius 3 is 2.82 bits per heavy atom. The Bertz CT molecular complexity index is 672. The number of rotatable bonds is 3. The molecule has 0 aliphatic carbocycles. The van der Waals surface area contributed by atoms with Gasteiger partial charge in [-0.15, -0.1) is 0 Å². The summed E-state index contributed by atoms with van der Waals surface area (Å²) in [4.78, 5) is 11.9. The Kier molecular flexibility index (Phi) is 4.14. The van der Waals surface area contributed by atoms with Crippen molar-refractivity contribution >= 4 is 11.7 Å². The molecular formula is C17H18N2O3. The molecule has 0 spiro atoms. The number of amides is 2. The molecule has 0 saturated carbocycles. The Balaban J connectivity index is 1.50. The quantitative estimate of drug-likeness (QED) is 0.916. The molecule has 2 N–H and O–H groups in total. The second-order valence-corrected chi connectivity index (χ2v) is 5.20. The lowest BCUT2D eigenvalue weighted by Crippen LogP contribution is -2.42. The van der Waals surface area contributed by atoms with Gasteiger partial charge in [0.1, 0.15) is 6.61 Å². The summed E-state index contributed by atoms with van der Waals surface area (Å²) in [5, 5.41) is 5.59. The van der Waals surface area contributed by atoms with Crippen LogP contribution in [-0.2, 0) is 0 Å². The summed E-state index contributed by atoms with van der Waals surface area (Å²) >= 11 is 0. The number of benzene rings is 2. The van der Waals surface area contributed by atoms with Gasteiger partial charge in [0, 0.05) is 5.69 Å². The zero-order chi connectivity index (χ0) is 15.4. The molecule has 1 aliphatic rings. The number of hydrogen-bond acceptors (Lipinski definition) is 3. The van der Waals surface area contributed by atoms with E-state index in [0.29, 0.717) is 18.9 Å². The molecule has 114 valence electrons. The van der Waals surface area contributed by atoms with Crippen molar-refractivity contribution in [2.24, 2.45) is 0 Å². The van der Waals surface area contributed by atoms with Crippen LogP contribution in [0.25, 0.3) is 0 Å². The van der Waals surface area contributed by atoms with E-state index in [9.17, 15) is 4.79 Å². The van der Waals surface area contributed by atoms with E-state index in [1.807, 2.05) is 55.5 Å². The number of fused-ring (bicyclic) bond motifs is 1. The molecule has 0 radical (unpaired) electrons. The third-order valence-electron chi connectivity index (χ3n) is 3.33. The SMILES string of the molecule is Cc1cccc(NC(=O)NC[C@@H]2COc3ccccc3O2)c1. The topological polar surface area (TPSA) is 59.6 Å². The number of carbonyl (C=O) groups is 1. The smallest absolute Gasteiger partial charge is 0.319 e. The lowest BCUT2D eigenvalue weighted by molar-refractivity contribution is 0.0922. The number of hydrogen-bond donors (Lipinski definition) is 2. The van der Waals surface area contributed by atoms with Gasteiger partial charge >= 0.3 is 6.03 Å². The van der Waals surface area contributed by atoms with Crippen LogP contribution in [0.2, 0.25) is 0 Å². The molecule has 0 aromatic heterocycles. The summed E-state index contributed by atoms with van der Waals surface area (Å²) in [7, 11) is 0. The second kappa shape index (κ2) is 6.39. The summed E-state index contributed by atoms with van der Waals surface area (Å²) in [5.74, 6) is 1.45. The molecule has 2 amide bonds. The van der Waals surface area contributed by atoms with Gasteiger partial charge in [0.15, 0.2) is 17.6 Å². The first-order valence-electron chi connectivity index (χ1n) is 7.21. The first-order valence-corrected chi connectivity index (χ1v) is 7.21. The number of para-hydroxylation sites is 2. The van der Waals surface area contributed by atoms with Crippen molar-refractivity contribution in [1.29, 1.82) is 0 Å². The van der Waals surface area contributed by atoms with Gasteiger partial charge in [-0.3, -0.25) is 0 Å². The maximum Gasteiger partial charge on any atom is 0.319 e. The molecule has 22 heavy (non-hydrogen) atoms. The predicted octanol–water partition coefficient (Wildman–Crippen LogP) is 2.96. The van der Waals surface area contributed by atoms with E-state index in [-0.39, 0.29) is 12.1 Å². The largest absolute Gasteiger partial charge is 0.486 e. The molecule has 2 aromatic carbocycles. The maximum absolute atomic E-state index is 11.9. The fourth-order valence-electron chi connectivity index (χ4n) is 2.27. The van der Waals surface area contributed by atoms with Crippen LogP contribution >= 0.6 is 0 Å². The van der Waals surface area contributed by atoms with Gasteiger partial charge in [0.25, 0.3) is 0 Å². The zero-order valence-electron chi connectivity index (χ0n) is 12.3. The Morgan fingerprint density at radius 2 is 2.00 bits per heavy atom. The van der Waals surface area contributed by atoms with Crippen molar-refractivity contribution in [3.8, 4) is 11.5 Å². The van der Waals surface area contributed by atoms with Gasteiger partial charge in [0.05, 0.1) is 6.54 Å². The molecule has 0 saturated heterocycles. The van der Waals surface area contributed by atoms with E-state index < -0.39 is 0 Å². The van der Waals surface area contributed by atoms with Crippen LogP contribution in [0.5, 0.6) is 11.5 Å². The minimum absolute atomic E-state index is 0.196. The number of nitrogens with one attached hydrogen (secondary N) is 2. The Hall–Kier alpha value is -2.69. The third-order valence-corrected chi connectivity index (χ3v) is 3.33. The predicted molar refractivity (Wildman–Crippen MR) is 84.6 cm³/mol. The minimum Gasteiger partial charge on any atom is -0.486 e. The molecule has 5 nitrogen and oxygen atoms in total. The molecule has 5 heteroatoms. The van der Waals surface area contributed by atoms with Crippen LogP contribution < -0.4 is 20.1 Å². The standard InChI is InChI=1S/C17H18N2O3/c1-12-5-4-6-13(9-12)19-17(20)18-10-14-11-21-15-7-2-3-8-16(15)22-14/h2-9,14H,10-11H2,1H3,(H2,18,19,20)/t14-/m1/s1. The summed E-state index contributed by atoms with van der Waals surface area (Å²) in [6.07, 6.45) is -0.196. The summed E-state index contributed by atoms with van der Waals surface area (Å²) in [6, 6.07) is 14.9. The highest BCUT2D eigenvalue weighted by atomic mass is 16.6. The van der Waals surface area contributed by atoms with Crippen molar-refractivity contribution in [2.45, 2.75) is 13.0 Å². The van der Waals surface area contributed by atoms with Crippen molar-refractivity contribution in [1.82, 2.24) is 5.32 Å². The molecule has 3 rings (SSSR count). The average Bonchev–Trinajstić information content (AvgIpc) is 2.53. The van der Waals surface area contributed by atoms with Gasteiger partial charge in [-0.25, -0.2) is 4.79 Å². The van der Waals surface area contributed by atoms with Crippen molar-refractivity contribution in [3.63, 3.8) is 0 Å². The lowest BCUT2D eigenvalue weighted by atomic mass is 10.2. The normalized spacial score (nSPS) is 16.0. The van der Waals surface area contributed by atoms with Crippen LogP contribution in [0.1, 0.15) is 5.56 Å². The van der Waals surface area contributed by atoms with E-state index in [1.54, 1.807) is 0 Å². The first kappa shape index (κ1) is 14.3. The fourth-order valence-corrected chi connectivity index (χ4v) is 2.27. The van der Waals surface area contributed by atoms with Crippen LogP contribution in [0.3, 0.4) is 0 Å². The van der Waals surface area contributed by atoms with Crippen LogP contribution in [-0.4, -0.2) is 25.3 Å². The van der Waals surface area contributed by atoms with Crippen molar-refractivity contribution in [3.05, 3.63) is 54.1 Å². The van der Waals surface area contributed by atoms with E-state index in [0.717, 1.165) is 17.0 Å². The lowest BCUT2D eigenvalue weighted by Gasteiger charge is -2.26. The molecule has 0 fully saturated rings. The fraction of sp³-hybridized carbons (Fsp3) is 0.235. The number of ether oxygens (including phenoxy) is 2. The van der Waals surface area contributed by atoms with Crippen LogP contribution in [0.15, 0.2) is 48.5 Å². The summed E-state index contributed by atoms with van der Waals surface area (Å²) in [5.41, 5.74) is 1.86. The number of anilines is 1. The van der Waals surface area contributed by atoms with Gasteiger partial charge in [-0.05, 0) is 36.8 Å². The van der Waals surface area contributed by atoms with E-state index in [1.165, 1.54) is 0 Å². The summed E-state index contributed by atoms with van der Waals surface area (Å²) < 4.78 is 11.4. The highest BCUT2D eigenvalue weighted by Gasteiger charge is 2.20. The van der Waals surface area contributed by atoms with Crippen molar-refractivity contribution < 1.29 is 14.3 Å². The van der Waals surface area contributed by atoms with Gasteiger partial charge in [-0.1, -0.05) is 24.3 Å². The Morgan fingerprint density at radius 1 is 1.18 bits per heavy atom.